The van der Waals surface area contributed by atoms with Crippen molar-refractivity contribution in [2.24, 2.45) is 5.92 Å². The minimum absolute atomic E-state index is 0.0671. The summed E-state index contributed by atoms with van der Waals surface area (Å²) in [6, 6.07) is 10.9. The Morgan fingerprint density at radius 1 is 1.11 bits per heavy atom. The lowest BCUT2D eigenvalue weighted by atomic mass is 9.89. The summed E-state index contributed by atoms with van der Waals surface area (Å²) in [5.41, 5.74) is 2.57. The van der Waals surface area contributed by atoms with E-state index in [1.54, 1.807) is 26.8 Å². The van der Waals surface area contributed by atoms with Crippen molar-refractivity contribution in [3.8, 4) is 0 Å². The molecule has 0 radical (unpaired) electrons. The van der Waals surface area contributed by atoms with Gasteiger partial charge in [0, 0.05) is 30.1 Å². The van der Waals surface area contributed by atoms with Gasteiger partial charge in [-0.25, -0.2) is 0 Å². The van der Waals surface area contributed by atoms with E-state index < -0.39 is 16.8 Å². The van der Waals surface area contributed by atoms with Gasteiger partial charge in [0.05, 0.1) is 16.4 Å². The van der Waals surface area contributed by atoms with Gasteiger partial charge in [0.2, 0.25) is 0 Å². The number of carbonyl (C=O) groups excluding carboxylic acids is 1. The largest absolute Gasteiger partial charge is 0.481 e. The molecule has 0 bridgehead atoms. The van der Waals surface area contributed by atoms with Crippen molar-refractivity contribution in [3.05, 3.63) is 74.3 Å². The first-order valence-electron chi connectivity index (χ1n) is 9.04. The Bertz CT molecular complexity index is 955. The smallest absolute Gasteiger partial charge is 0.308 e. The molecule has 1 saturated heterocycles. The number of nitro groups is 1. The number of amides is 1. The molecule has 0 spiro atoms. The molecule has 2 aromatic rings. The quantitative estimate of drug-likeness (QED) is 0.645. The van der Waals surface area contributed by atoms with E-state index >= 15 is 0 Å². The van der Waals surface area contributed by atoms with Crippen LogP contribution in [0.5, 0.6) is 0 Å². The van der Waals surface area contributed by atoms with Crippen molar-refractivity contribution in [2.45, 2.75) is 26.7 Å². The van der Waals surface area contributed by atoms with E-state index in [-0.39, 0.29) is 36.2 Å². The predicted octanol–water partition coefficient (Wildman–Crippen LogP) is 3.46. The summed E-state index contributed by atoms with van der Waals surface area (Å²) in [6.07, 6.45) is 0. The fourth-order valence-corrected chi connectivity index (χ4v) is 4.20. The molecule has 1 aliphatic heterocycles. The van der Waals surface area contributed by atoms with Gasteiger partial charge in [0.1, 0.15) is 0 Å². The number of benzene rings is 2. The number of likely N-dealkylation sites (tertiary alicyclic amines) is 1. The molecule has 2 aromatic carbocycles. The topological polar surface area (TPSA) is 101 Å². The van der Waals surface area contributed by atoms with E-state index in [4.69, 9.17) is 0 Å². The third-order valence-electron chi connectivity index (χ3n) is 5.48. The summed E-state index contributed by atoms with van der Waals surface area (Å²) in [4.78, 5) is 37.5. The van der Waals surface area contributed by atoms with Crippen molar-refractivity contribution < 1.29 is 19.6 Å². The maximum atomic E-state index is 13.2. The average Bonchev–Trinajstić information content (AvgIpc) is 3.07. The molecule has 0 saturated carbocycles. The molecule has 1 aliphatic rings. The SMILES string of the molecule is Cc1cc(C)c([N+](=O)[O-])c(C)c1C(=O)N1C[C@H](C(=O)O)[C@H](c2ccccc2)C1. The Morgan fingerprint density at radius 2 is 1.75 bits per heavy atom. The zero-order valence-electron chi connectivity index (χ0n) is 16.0. The van der Waals surface area contributed by atoms with Gasteiger partial charge in [0.25, 0.3) is 11.6 Å². The van der Waals surface area contributed by atoms with E-state index in [2.05, 4.69) is 0 Å². The number of aryl methyl sites for hydroxylation is 2. The lowest BCUT2D eigenvalue weighted by Crippen LogP contribution is -2.31. The van der Waals surface area contributed by atoms with E-state index in [9.17, 15) is 24.8 Å². The summed E-state index contributed by atoms with van der Waals surface area (Å²) in [6.45, 7) is 5.31. The summed E-state index contributed by atoms with van der Waals surface area (Å²) in [7, 11) is 0. The molecule has 1 amide bonds. The zero-order chi connectivity index (χ0) is 20.6. The van der Waals surface area contributed by atoms with E-state index in [0.29, 0.717) is 16.7 Å². The van der Waals surface area contributed by atoms with Crippen LogP contribution in [0.15, 0.2) is 36.4 Å². The molecule has 28 heavy (non-hydrogen) atoms. The maximum Gasteiger partial charge on any atom is 0.308 e. The van der Waals surface area contributed by atoms with Crippen molar-refractivity contribution >= 4 is 17.6 Å². The Labute approximate surface area is 162 Å². The highest BCUT2D eigenvalue weighted by Gasteiger charge is 2.41. The summed E-state index contributed by atoms with van der Waals surface area (Å²) < 4.78 is 0. The second-order valence-corrected chi connectivity index (χ2v) is 7.29. The monoisotopic (exact) mass is 382 g/mol. The van der Waals surface area contributed by atoms with Crippen molar-refractivity contribution in [3.63, 3.8) is 0 Å². The number of carbonyl (C=O) groups is 2. The Balaban J connectivity index is 1.99. The van der Waals surface area contributed by atoms with Gasteiger partial charge in [-0.05, 0) is 38.0 Å². The van der Waals surface area contributed by atoms with Crippen LogP contribution in [0.3, 0.4) is 0 Å². The third-order valence-corrected chi connectivity index (χ3v) is 5.48. The van der Waals surface area contributed by atoms with Crippen molar-refractivity contribution in [1.29, 1.82) is 0 Å². The molecule has 0 unspecified atom stereocenters. The molecule has 1 heterocycles. The number of hydrogen-bond donors (Lipinski definition) is 1. The normalized spacial score (nSPS) is 18.9. The number of carboxylic acid groups (broad SMARTS) is 1. The van der Waals surface area contributed by atoms with Crippen LogP contribution >= 0.6 is 0 Å². The lowest BCUT2D eigenvalue weighted by Gasteiger charge is -2.20. The van der Waals surface area contributed by atoms with Gasteiger partial charge >= 0.3 is 5.97 Å². The molecule has 1 N–H and O–H groups in total. The Kier molecular flexibility index (Phi) is 5.18. The second-order valence-electron chi connectivity index (χ2n) is 7.29. The van der Waals surface area contributed by atoms with Crippen LogP contribution in [0.25, 0.3) is 0 Å². The maximum absolute atomic E-state index is 13.2. The molecule has 0 aromatic heterocycles. The third kappa shape index (κ3) is 3.35. The van der Waals surface area contributed by atoms with E-state index in [0.717, 1.165) is 5.56 Å². The van der Waals surface area contributed by atoms with E-state index in [1.807, 2.05) is 30.3 Å². The Hall–Kier alpha value is -3.22. The molecule has 1 fully saturated rings. The molecule has 146 valence electrons. The zero-order valence-corrected chi connectivity index (χ0v) is 16.0. The molecular formula is C21H22N2O5. The number of carboxylic acids is 1. The molecule has 3 rings (SSSR count). The molecular weight excluding hydrogens is 360 g/mol. The van der Waals surface area contributed by atoms with E-state index in [1.165, 1.54) is 4.90 Å². The summed E-state index contributed by atoms with van der Waals surface area (Å²) in [5.74, 6) is -2.34. The van der Waals surface area contributed by atoms with Crippen LogP contribution < -0.4 is 0 Å². The second kappa shape index (κ2) is 7.42. The number of nitrogens with zero attached hydrogens (tertiary/aromatic N) is 2. The van der Waals surface area contributed by atoms with Crippen molar-refractivity contribution in [2.75, 3.05) is 13.1 Å². The molecule has 7 nitrogen and oxygen atoms in total. The highest BCUT2D eigenvalue weighted by atomic mass is 16.6. The minimum Gasteiger partial charge on any atom is -0.481 e. The van der Waals surface area contributed by atoms with Gasteiger partial charge in [-0.1, -0.05) is 30.3 Å². The lowest BCUT2D eigenvalue weighted by molar-refractivity contribution is -0.386. The van der Waals surface area contributed by atoms with Gasteiger partial charge in [-0.15, -0.1) is 0 Å². The summed E-state index contributed by atoms with van der Waals surface area (Å²) >= 11 is 0. The highest BCUT2D eigenvalue weighted by Crippen LogP contribution is 2.36. The fourth-order valence-electron chi connectivity index (χ4n) is 4.20. The van der Waals surface area contributed by atoms with Crippen LogP contribution in [0.4, 0.5) is 5.69 Å². The first kappa shape index (κ1) is 19.5. The molecule has 7 heteroatoms. The first-order chi connectivity index (χ1) is 13.2. The van der Waals surface area contributed by atoms with Gasteiger partial charge < -0.3 is 10.0 Å². The van der Waals surface area contributed by atoms with Gasteiger partial charge in [-0.2, -0.15) is 0 Å². The van der Waals surface area contributed by atoms with Crippen LogP contribution in [-0.4, -0.2) is 39.9 Å². The van der Waals surface area contributed by atoms with Crippen LogP contribution in [0, 0.1) is 36.8 Å². The number of nitro benzene ring substituents is 1. The van der Waals surface area contributed by atoms with Crippen LogP contribution in [0.1, 0.15) is 38.5 Å². The highest BCUT2D eigenvalue weighted by molar-refractivity contribution is 5.99. The molecule has 0 aliphatic carbocycles. The van der Waals surface area contributed by atoms with Crippen molar-refractivity contribution in [1.82, 2.24) is 4.90 Å². The summed E-state index contributed by atoms with van der Waals surface area (Å²) in [5, 5.41) is 21.1. The fraction of sp³-hybridized carbons (Fsp3) is 0.333. The number of aliphatic carboxylic acids is 1. The predicted molar refractivity (Wildman–Crippen MR) is 104 cm³/mol. The van der Waals surface area contributed by atoms with Crippen LogP contribution in [-0.2, 0) is 4.79 Å². The number of hydrogen-bond acceptors (Lipinski definition) is 4. The first-order valence-corrected chi connectivity index (χ1v) is 9.04. The number of rotatable bonds is 4. The minimum atomic E-state index is -0.951. The van der Waals surface area contributed by atoms with Gasteiger partial charge in [0.15, 0.2) is 0 Å². The van der Waals surface area contributed by atoms with Gasteiger partial charge in [-0.3, -0.25) is 19.7 Å². The standard InChI is InChI=1S/C21H22N2O5/c1-12-9-13(2)19(23(27)28)14(3)18(12)20(24)22-10-16(17(11-22)21(25)26)15-7-5-4-6-8-15/h4-9,16-17H,10-11H2,1-3H3,(H,25,26)/t16-,17-/m0/s1. The molecule has 2 atom stereocenters. The average molecular weight is 382 g/mol. The Morgan fingerprint density at radius 3 is 2.32 bits per heavy atom. The van der Waals surface area contributed by atoms with Crippen LogP contribution in [0.2, 0.25) is 0 Å².